The summed E-state index contributed by atoms with van der Waals surface area (Å²) in [6, 6.07) is 5.62. The molecule has 0 saturated heterocycles. The van der Waals surface area contributed by atoms with Crippen LogP contribution >= 0.6 is 0 Å². The van der Waals surface area contributed by atoms with E-state index in [4.69, 9.17) is 14.6 Å². The summed E-state index contributed by atoms with van der Waals surface area (Å²) >= 11 is 0. The molecule has 1 atom stereocenters. The van der Waals surface area contributed by atoms with Gasteiger partial charge in [0.15, 0.2) is 0 Å². The lowest BCUT2D eigenvalue weighted by atomic mass is 10.0. The topological polar surface area (TPSA) is 67.8 Å². The number of aliphatic carboxylic acids is 1. The fraction of sp³-hybridized carbons (Fsp3) is 0.533. The minimum Gasteiger partial charge on any atom is -0.497 e. The van der Waals surface area contributed by atoms with Gasteiger partial charge in [-0.05, 0) is 30.2 Å². The van der Waals surface area contributed by atoms with E-state index < -0.39 is 5.97 Å². The molecule has 0 aliphatic rings. The summed E-state index contributed by atoms with van der Waals surface area (Å²) in [5, 5.41) is 12.3. The van der Waals surface area contributed by atoms with Crippen LogP contribution < -0.4 is 14.8 Å². The molecule has 0 saturated carbocycles. The van der Waals surface area contributed by atoms with Crippen LogP contribution in [0.4, 0.5) is 0 Å². The van der Waals surface area contributed by atoms with Gasteiger partial charge in [-0.3, -0.25) is 4.79 Å². The third-order valence-electron chi connectivity index (χ3n) is 2.94. The molecule has 0 radical (unpaired) electrons. The van der Waals surface area contributed by atoms with Crippen LogP contribution in [0, 0.1) is 0 Å². The highest BCUT2D eigenvalue weighted by molar-refractivity contribution is 5.67. The summed E-state index contributed by atoms with van der Waals surface area (Å²) in [7, 11) is 3.21. The first-order chi connectivity index (χ1) is 9.46. The molecule has 1 rings (SSSR count). The lowest BCUT2D eigenvalue weighted by Crippen LogP contribution is -2.38. The zero-order chi connectivity index (χ0) is 15.1. The van der Waals surface area contributed by atoms with E-state index in [-0.39, 0.29) is 18.5 Å². The molecule has 0 heterocycles. The van der Waals surface area contributed by atoms with Gasteiger partial charge in [-0.25, -0.2) is 0 Å². The Balaban J connectivity index is 2.92. The lowest BCUT2D eigenvalue weighted by Gasteiger charge is -2.21. The number of benzene rings is 1. The largest absolute Gasteiger partial charge is 0.497 e. The van der Waals surface area contributed by atoms with Crippen molar-refractivity contribution in [3.05, 3.63) is 23.8 Å². The number of carboxylic acids is 1. The molecule has 0 amide bonds. The second-order valence-corrected chi connectivity index (χ2v) is 5.00. The third kappa shape index (κ3) is 5.09. The molecular weight excluding hydrogens is 258 g/mol. The van der Waals surface area contributed by atoms with Gasteiger partial charge in [-0.15, -0.1) is 0 Å². The Morgan fingerprint density at radius 1 is 1.30 bits per heavy atom. The van der Waals surface area contributed by atoms with Crippen molar-refractivity contribution in [2.75, 3.05) is 14.2 Å². The number of carbonyl (C=O) groups is 1. The highest BCUT2D eigenvalue weighted by Gasteiger charge is 2.17. The molecule has 0 bridgehead atoms. The SMILES string of the molecule is COc1ccc(OC)c(CC(CC(=O)O)NC(C)C)c1. The normalized spacial score (nSPS) is 12.2. The van der Waals surface area contributed by atoms with Crippen LogP contribution in [0.25, 0.3) is 0 Å². The first kappa shape index (κ1) is 16.3. The van der Waals surface area contributed by atoms with Crippen molar-refractivity contribution in [2.45, 2.75) is 38.8 Å². The van der Waals surface area contributed by atoms with Gasteiger partial charge in [0, 0.05) is 12.1 Å². The second-order valence-electron chi connectivity index (χ2n) is 5.00. The molecule has 1 aromatic carbocycles. The number of hydrogen-bond donors (Lipinski definition) is 2. The third-order valence-corrected chi connectivity index (χ3v) is 2.94. The van der Waals surface area contributed by atoms with Crippen LogP contribution in [-0.2, 0) is 11.2 Å². The maximum absolute atomic E-state index is 11.0. The van der Waals surface area contributed by atoms with E-state index in [9.17, 15) is 4.79 Å². The molecule has 2 N–H and O–H groups in total. The smallest absolute Gasteiger partial charge is 0.304 e. The lowest BCUT2D eigenvalue weighted by molar-refractivity contribution is -0.137. The maximum atomic E-state index is 11.0. The van der Waals surface area contributed by atoms with Gasteiger partial charge in [-0.1, -0.05) is 13.8 Å². The Hall–Kier alpha value is -1.75. The zero-order valence-electron chi connectivity index (χ0n) is 12.5. The molecule has 20 heavy (non-hydrogen) atoms. The minimum absolute atomic E-state index is 0.0680. The van der Waals surface area contributed by atoms with Crippen LogP contribution in [0.3, 0.4) is 0 Å². The van der Waals surface area contributed by atoms with E-state index in [2.05, 4.69) is 5.32 Å². The monoisotopic (exact) mass is 281 g/mol. The van der Waals surface area contributed by atoms with E-state index in [0.717, 1.165) is 17.1 Å². The van der Waals surface area contributed by atoms with Crippen molar-refractivity contribution in [3.63, 3.8) is 0 Å². The Bertz CT molecular complexity index is 445. The summed E-state index contributed by atoms with van der Waals surface area (Å²) in [4.78, 5) is 11.0. The van der Waals surface area contributed by atoms with Gasteiger partial charge in [0.2, 0.25) is 0 Å². The van der Waals surface area contributed by atoms with E-state index in [0.29, 0.717) is 6.42 Å². The fourth-order valence-electron chi connectivity index (χ4n) is 2.18. The van der Waals surface area contributed by atoms with Crippen molar-refractivity contribution in [1.82, 2.24) is 5.32 Å². The molecule has 112 valence electrons. The average Bonchev–Trinajstić information content (AvgIpc) is 2.37. The van der Waals surface area contributed by atoms with Crippen molar-refractivity contribution < 1.29 is 19.4 Å². The molecule has 5 nitrogen and oxygen atoms in total. The quantitative estimate of drug-likeness (QED) is 0.763. The van der Waals surface area contributed by atoms with Gasteiger partial charge in [-0.2, -0.15) is 0 Å². The average molecular weight is 281 g/mol. The number of carboxylic acid groups (broad SMARTS) is 1. The number of hydrogen-bond acceptors (Lipinski definition) is 4. The molecule has 0 aliphatic heterocycles. The number of nitrogens with one attached hydrogen (secondary N) is 1. The maximum Gasteiger partial charge on any atom is 0.304 e. The van der Waals surface area contributed by atoms with E-state index in [1.54, 1.807) is 14.2 Å². The van der Waals surface area contributed by atoms with Crippen LogP contribution in [-0.4, -0.2) is 37.4 Å². The fourth-order valence-corrected chi connectivity index (χ4v) is 2.18. The van der Waals surface area contributed by atoms with Crippen LogP contribution in [0.2, 0.25) is 0 Å². The van der Waals surface area contributed by atoms with Crippen molar-refractivity contribution >= 4 is 5.97 Å². The molecule has 0 fully saturated rings. The summed E-state index contributed by atoms with van der Waals surface area (Å²) < 4.78 is 10.5. The van der Waals surface area contributed by atoms with E-state index >= 15 is 0 Å². The first-order valence-corrected chi connectivity index (χ1v) is 6.65. The molecular formula is C15H23NO4. The Kier molecular flexibility index (Phi) is 6.31. The standard InChI is InChI=1S/C15H23NO4/c1-10(2)16-12(9-15(17)18)7-11-8-13(19-3)5-6-14(11)20-4/h5-6,8,10,12,16H,7,9H2,1-4H3,(H,17,18). The Morgan fingerprint density at radius 3 is 2.50 bits per heavy atom. The first-order valence-electron chi connectivity index (χ1n) is 6.65. The predicted octanol–water partition coefficient (Wildman–Crippen LogP) is 2.09. The summed E-state index contributed by atoms with van der Waals surface area (Å²) in [5.74, 6) is 0.663. The minimum atomic E-state index is -0.815. The van der Waals surface area contributed by atoms with Gasteiger partial charge in [0.05, 0.1) is 20.6 Å². The highest BCUT2D eigenvalue weighted by atomic mass is 16.5. The molecule has 0 aliphatic carbocycles. The zero-order valence-corrected chi connectivity index (χ0v) is 12.5. The molecule has 5 heteroatoms. The van der Waals surface area contributed by atoms with Crippen LogP contribution in [0.5, 0.6) is 11.5 Å². The Labute approximate surface area is 119 Å². The van der Waals surface area contributed by atoms with Gasteiger partial charge in [0.1, 0.15) is 11.5 Å². The number of rotatable bonds is 8. The van der Waals surface area contributed by atoms with Gasteiger partial charge >= 0.3 is 5.97 Å². The molecule has 0 aromatic heterocycles. The van der Waals surface area contributed by atoms with E-state index in [1.807, 2.05) is 32.0 Å². The Morgan fingerprint density at radius 2 is 2.00 bits per heavy atom. The highest BCUT2D eigenvalue weighted by Crippen LogP contribution is 2.25. The molecule has 0 spiro atoms. The van der Waals surface area contributed by atoms with Crippen molar-refractivity contribution in [1.29, 1.82) is 0 Å². The van der Waals surface area contributed by atoms with Crippen molar-refractivity contribution in [3.8, 4) is 11.5 Å². The second kappa shape index (κ2) is 7.75. The van der Waals surface area contributed by atoms with Gasteiger partial charge < -0.3 is 19.9 Å². The number of ether oxygens (including phenoxy) is 2. The summed E-state index contributed by atoms with van der Waals surface area (Å²) in [5.41, 5.74) is 0.936. The summed E-state index contributed by atoms with van der Waals surface area (Å²) in [6.45, 7) is 4.00. The molecule has 1 unspecified atom stereocenters. The van der Waals surface area contributed by atoms with Crippen LogP contribution in [0.15, 0.2) is 18.2 Å². The van der Waals surface area contributed by atoms with Crippen LogP contribution in [0.1, 0.15) is 25.8 Å². The number of methoxy groups -OCH3 is 2. The molecule has 1 aromatic rings. The van der Waals surface area contributed by atoms with Gasteiger partial charge in [0.25, 0.3) is 0 Å². The van der Waals surface area contributed by atoms with Crippen molar-refractivity contribution in [2.24, 2.45) is 0 Å². The predicted molar refractivity (Wildman–Crippen MR) is 77.6 cm³/mol. The van der Waals surface area contributed by atoms with E-state index in [1.165, 1.54) is 0 Å². The summed E-state index contributed by atoms with van der Waals surface area (Å²) in [6.07, 6.45) is 0.642.